The van der Waals surface area contributed by atoms with Crippen LogP contribution in [0, 0.1) is 6.92 Å². The Kier molecular flexibility index (Phi) is 4.89. The molecule has 0 atom stereocenters. The maximum absolute atomic E-state index is 12.4. The molecule has 0 aliphatic heterocycles. The number of amides is 1. The van der Waals surface area contributed by atoms with E-state index in [9.17, 15) is 4.79 Å². The van der Waals surface area contributed by atoms with Gasteiger partial charge in [0, 0.05) is 17.3 Å². The van der Waals surface area contributed by atoms with Crippen LogP contribution in [0.3, 0.4) is 0 Å². The largest absolute Gasteiger partial charge is 0.439 e. The van der Waals surface area contributed by atoms with Crippen molar-refractivity contribution in [1.29, 1.82) is 0 Å². The van der Waals surface area contributed by atoms with Gasteiger partial charge in [0.2, 0.25) is 5.88 Å². The Hall–Kier alpha value is -4.04. The molecule has 3 heterocycles. The topological polar surface area (TPSA) is 81.4 Å². The van der Waals surface area contributed by atoms with Gasteiger partial charge in [0.25, 0.3) is 11.7 Å². The molecule has 1 amide bonds. The predicted octanol–water partition coefficient (Wildman–Crippen LogP) is 5.21. The molecule has 0 fully saturated rings. The molecule has 1 N–H and O–H groups in total. The van der Waals surface area contributed by atoms with Crippen molar-refractivity contribution in [2.75, 3.05) is 5.32 Å². The van der Waals surface area contributed by atoms with Crippen LogP contribution in [0.4, 0.5) is 5.69 Å². The lowest BCUT2D eigenvalue weighted by Crippen LogP contribution is -2.11. The first-order valence-electron chi connectivity index (χ1n) is 9.57. The summed E-state index contributed by atoms with van der Waals surface area (Å²) in [7, 11) is 0. The second-order valence-electron chi connectivity index (χ2n) is 6.83. The molecule has 5 rings (SSSR count). The molecule has 0 bridgehead atoms. The van der Waals surface area contributed by atoms with E-state index in [1.807, 2.05) is 54.8 Å². The molecule has 31 heavy (non-hydrogen) atoms. The first kappa shape index (κ1) is 19.0. The van der Waals surface area contributed by atoms with Crippen LogP contribution < -0.4 is 10.1 Å². The van der Waals surface area contributed by atoms with Crippen molar-refractivity contribution < 1.29 is 9.53 Å². The minimum absolute atomic E-state index is 0.118. The third kappa shape index (κ3) is 3.88. The lowest BCUT2D eigenvalue weighted by Gasteiger charge is -2.10. The number of benzene rings is 2. The summed E-state index contributed by atoms with van der Waals surface area (Å²) in [6, 6.07) is 20.8. The van der Waals surface area contributed by atoms with Crippen LogP contribution in [0.2, 0.25) is 0 Å². The lowest BCUT2D eigenvalue weighted by atomic mass is 10.1. The standard InChI is InChI=1S/C23H17N5O2S/c1-15-11-12-31-21(15)22(29)26-17-7-9-18(10-8-17)30-20-13-19(16-5-3-2-4-6-16)27-23-24-14-25-28(20)23/h2-14H,1H3,(H,26,29). The quantitative estimate of drug-likeness (QED) is 0.417. The average molecular weight is 427 g/mol. The Balaban J connectivity index is 1.39. The van der Waals surface area contributed by atoms with Crippen molar-refractivity contribution in [3.8, 4) is 22.9 Å². The van der Waals surface area contributed by atoms with Gasteiger partial charge in [0.05, 0.1) is 10.6 Å². The van der Waals surface area contributed by atoms with Crippen molar-refractivity contribution >= 4 is 28.7 Å². The number of aryl methyl sites for hydroxylation is 1. The minimum Gasteiger partial charge on any atom is -0.439 e. The molecular weight excluding hydrogens is 410 g/mol. The zero-order valence-corrected chi connectivity index (χ0v) is 17.3. The maximum atomic E-state index is 12.4. The van der Waals surface area contributed by atoms with Crippen LogP contribution in [0.5, 0.6) is 11.6 Å². The molecule has 0 spiro atoms. The predicted molar refractivity (Wildman–Crippen MR) is 120 cm³/mol. The number of fused-ring (bicyclic) bond motifs is 1. The Morgan fingerprint density at radius 1 is 1.06 bits per heavy atom. The molecule has 0 saturated carbocycles. The molecule has 0 radical (unpaired) electrons. The van der Waals surface area contributed by atoms with Crippen molar-refractivity contribution in [1.82, 2.24) is 19.6 Å². The third-order valence-electron chi connectivity index (χ3n) is 4.69. The molecule has 8 heteroatoms. The second-order valence-corrected chi connectivity index (χ2v) is 7.75. The molecule has 0 aliphatic carbocycles. The van der Waals surface area contributed by atoms with Crippen molar-refractivity contribution in [3.63, 3.8) is 0 Å². The fraction of sp³-hybridized carbons (Fsp3) is 0.0435. The van der Waals surface area contributed by atoms with E-state index >= 15 is 0 Å². The Morgan fingerprint density at radius 2 is 1.87 bits per heavy atom. The highest BCUT2D eigenvalue weighted by Gasteiger charge is 2.13. The highest BCUT2D eigenvalue weighted by Crippen LogP contribution is 2.27. The fourth-order valence-corrected chi connectivity index (χ4v) is 3.96. The van der Waals surface area contributed by atoms with E-state index in [0.717, 1.165) is 16.8 Å². The number of rotatable bonds is 5. The van der Waals surface area contributed by atoms with Crippen molar-refractivity contribution in [3.05, 3.63) is 88.9 Å². The minimum atomic E-state index is -0.118. The van der Waals surface area contributed by atoms with E-state index in [4.69, 9.17) is 4.74 Å². The second kappa shape index (κ2) is 8.00. The Labute approximate surface area is 182 Å². The van der Waals surface area contributed by atoms with Gasteiger partial charge in [-0.2, -0.15) is 14.6 Å². The molecule has 0 unspecified atom stereocenters. The summed E-state index contributed by atoms with van der Waals surface area (Å²) in [5.74, 6) is 1.43. The Bertz CT molecular complexity index is 1360. The summed E-state index contributed by atoms with van der Waals surface area (Å²) >= 11 is 1.42. The average Bonchev–Trinajstić information content (AvgIpc) is 3.44. The molecule has 3 aromatic heterocycles. The fourth-order valence-electron chi connectivity index (χ4n) is 3.13. The van der Waals surface area contributed by atoms with Crippen LogP contribution in [-0.4, -0.2) is 25.5 Å². The van der Waals surface area contributed by atoms with E-state index in [-0.39, 0.29) is 5.91 Å². The summed E-state index contributed by atoms with van der Waals surface area (Å²) < 4.78 is 7.62. The molecule has 152 valence electrons. The van der Waals surface area contributed by atoms with E-state index in [0.29, 0.717) is 28.0 Å². The number of nitrogens with one attached hydrogen (secondary N) is 1. The summed E-state index contributed by atoms with van der Waals surface area (Å²) in [4.78, 5) is 21.9. The van der Waals surface area contributed by atoms with Crippen LogP contribution >= 0.6 is 11.3 Å². The molecule has 7 nitrogen and oxygen atoms in total. The molecule has 5 aromatic rings. The summed E-state index contributed by atoms with van der Waals surface area (Å²) in [5, 5.41) is 9.02. The van der Waals surface area contributed by atoms with Gasteiger partial charge in [-0.05, 0) is 48.2 Å². The number of ether oxygens (including phenoxy) is 1. The van der Waals surface area contributed by atoms with E-state index in [1.54, 1.807) is 28.8 Å². The van der Waals surface area contributed by atoms with Gasteiger partial charge in [-0.25, -0.2) is 4.98 Å². The van der Waals surface area contributed by atoms with Crippen LogP contribution in [-0.2, 0) is 0 Å². The van der Waals surface area contributed by atoms with Crippen molar-refractivity contribution in [2.24, 2.45) is 0 Å². The molecule has 0 aliphatic rings. The number of hydrogen-bond acceptors (Lipinski definition) is 6. The Morgan fingerprint density at radius 3 is 2.61 bits per heavy atom. The van der Waals surface area contributed by atoms with Gasteiger partial charge in [-0.15, -0.1) is 11.3 Å². The number of thiophene rings is 1. The number of carbonyl (C=O) groups excluding carboxylic acids is 1. The SMILES string of the molecule is Cc1ccsc1C(=O)Nc1ccc(Oc2cc(-c3ccccc3)nc3ncnn23)cc1. The lowest BCUT2D eigenvalue weighted by molar-refractivity contribution is 0.103. The number of carbonyl (C=O) groups is 1. The molecule has 0 saturated heterocycles. The normalized spacial score (nSPS) is 10.9. The first-order chi connectivity index (χ1) is 15.2. The van der Waals surface area contributed by atoms with E-state index < -0.39 is 0 Å². The van der Waals surface area contributed by atoms with Crippen LogP contribution in [0.1, 0.15) is 15.2 Å². The monoisotopic (exact) mass is 427 g/mol. The van der Waals surface area contributed by atoms with Crippen LogP contribution in [0.15, 0.2) is 78.4 Å². The van der Waals surface area contributed by atoms with Gasteiger partial charge in [0.1, 0.15) is 12.1 Å². The molecular formula is C23H17N5O2S. The zero-order valence-electron chi connectivity index (χ0n) is 16.5. The van der Waals surface area contributed by atoms with Gasteiger partial charge >= 0.3 is 0 Å². The third-order valence-corrected chi connectivity index (χ3v) is 5.71. The van der Waals surface area contributed by atoms with Crippen molar-refractivity contribution in [2.45, 2.75) is 6.92 Å². The van der Waals surface area contributed by atoms with Gasteiger partial charge in [0.15, 0.2) is 0 Å². The number of nitrogens with zero attached hydrogens (tertiary/aromatic N) is 4. The van der Waals surface area contributed by atoms with Gasteiger partial charge < -0.3 is 10.1 Å². The van der Waals surface area contributed by atoms with Crippen LogP contribution in [0.25, 0.3) is 17.0 Å². The number of hydrogen-bond donors (Lipinski definition) is 1. The summed E-state index contributed by atoms with van der Waals surface area (Å²) in [6.45, 7) is 1.92. The summed E-state index contributed by atoms with van der Waals surface area (Å²) in [5.41, 5.74) is 3.35. The van der Waals surface area contributed by atoms with E-state index in [2.05, 4.69) is 20.4 Å². The smallest absolute Gasteiger partial charge is 0.265 e. The maximum Gasteiger partial charge on any atom is 0.265 e. The van der Waals surface area contributed by atoms with E-state index in [1.165, 1.54) is 17.7 Å². The van der Waals surface area contributed by atoms with Gasteiger partial charge in [-0.3, -0.25) is 4.79 Å². The molecule has 2 aromatic carbocycles. The highest BCUT2D eigenvalue weighted by atomic mass is 32.1. The number of anilines is 1. The highest BCUT2D eigenvalue weighted by molar-refractivity contribution is 7.12. The van der Waals surface area contributed by atoms with Gasteiger partial charge in [-0.1, -0.05) is 30.3 Å². The summed E-state index contributed by atoms with van der Waals surface area (Å²) in [6.07, 6.45) is 1.44. The zero-order chi connectivity index (χ0) is 21.2. The first-order valence-corrected chi connectivity index (χ1v) is 10.4. The number of aromatic nitrogens is 4.